The molecule has 0 aromatic rings. The van der Waals surface area contributed by atoms with Crippen molar-refractivity contribution in [3.8, 4) is 0 Å². The van der Waals surface area contributed by atoms with Crippen molar-refractivity contribution in [1.29, 1.82) is 0 Å². The van der Waals surface area contributed by atoms with Crippen LogP contribution in [0.5, 0.6) is 0 Å². The van der Waals surface area contributed by atoms with E-state index >= 15 is 0 Å². The summed E-state index contributed by atoms with van der Waals surface area (Å²) in [5, 5.41) is 5.33. The van der Waals surface area contributed by atoms with Crippen LogP contribution in [0.1, 0.15) is 27.2 Å². The highest BCUT2D eigenvalue weighted by Gasteiger charge is 2.27. The van der Waals surface area contributed by atoms with Gasteiger partial charge in [0, 0.05) is 26.1 Å². The van der Waals surface area contributed by atoms with Gasteiger partial charge in [-0.15, -0.1) is 0 Å². The zero-order valence-corrected chi connectivity index (χ0v) is 10.6. The molecule has 94 valence electrons. The smallest absolute Gasteiger partial charge is 0.227 e. The molecular weight excluding hydrogens is 206 g/mol. The predicted molar refractivity (Wildman–Crippen MR) is 63.7 cm³/mol. The molecule has 0 bridgehead atoms. The van der Waals surface area contributed by atoms with Gasteiger partial charge in [0.15, 0.2) is 0 Å². The van der Waals surface area contributed by atoms with Gasteiger partial charge in [-0.2, -0.15) is 0 Å². The van der Waals surface area contributed by atoms with Crippen LogP contribution in [0.15, 0.2) is 0 Å². The zero-order chi connectivity index (χ0) is 12.8. The summed E-state index contributed by atoms with van der Waals surface area (Å²) in [7, 11) is 1.58. The first kappa shape index (κ1) is 14.9. The Morgan fingerprint density at radius 3 is 2.31 bits per heavy atom. The molecule has 0 saturated heterocycles. The van der Waals surface area contributed by atoms with Crippen LogP contribution >= 0.6 is 0 Å². The molecule has 5 heteroatoms. The highest BCUT2D eigenvalue weighted by molar-refractivity contribution is 5.83. The van der Waals surface area contributed by atoms with Crippen molar-refractivity contribution in [1.82, 2.24) is 10.6 Å². The van der Waals surface area contributed by atoms with Gasteiger partial charge in [0.25, 0.3) is 0 Å². The summed E-state index contributed by atoms with van der Waals surface area (Å²) >= 11 is 0. The number of carbonyl (C=O) groups is 2. The third kappa shape index (κ3) is 4.18. The third-order valence-corrected chi connectivity index (χ3v) is 2.69. The molecule has 0 spiro atoms. The van der Waals surface area contributed by atoms with Gasteiger partial charge >= 0.3 is 0 Å². The Labute approximate surface area is 97.2 Å². The molecular formula is C11H23N3O2. The third-order valence-electron chi connectivity index (χ3n) is 2.69. The normalized spacial score (nSPS) is 13.1. The molecule has 0 saturated carbocycles. The van der Waals surface area contributed by atoms with Gasteiger partial charge in [-0.1, -0.05) is 6.92 Å². The fourth-order valence-electron chi connectivity index (χ4n) is 1.33. The Bertz CT molecular complexity index is 248. The second kappa shape index (κ2) is 6.48. The molecule has 4 N–H and O–H groups in total. The summed E-state index contributed by atoms with van der Waals surface area (Å²) in [5.74, 6) is -0.337. The van der Waals surface area contributed by atoms with Crippen LogP contribution in [-0.2, 0) is 9.59 Å². The summed E-state index contributed by atoms with van der Waals surface area (Å²) in [4.78, 5) is 23.1. The minimum absolute atomic E-state index is 0.0815. The minimum Gasteiger partial charge on any atom is -0.359 e. The molecule has 0 heterocycles. The van der Waals surface area contributed by atoms with E-state index in [0.29, 0.717) is 19.5 Å². The van der Waals surface area contributed by atoms with Crippen LogP contribution < -0.4 is 16.4 Å². The number of nitrogens with two attached hydrogens (primary N) is 1. The van der Waals surface area contributed by atoms with E-state index in [1.54, 1.807) is 20.9 Å². The molecule has 1 unspecified atom stereocenters. The molecule has 0 aliphatic rings. The molecule has 0 aromatic carbocycles. The van der Waals surface area contributed by atoms with E-state index in [1.165, 1.54) is 0 Å². The fourth-order valence-corrected chi connectivity index (χ4v) is 1.33. The lowest BCUT2D eigenvalue weighted by Crippen LogP contribution is -2.45. The van der Waals surface area contributed by atoms with Crippen LogP contribution in [-0.4, -0.2) is 32.0 Å². The first-order chi connectivity index (χ1) is 7.38. The second-order valence-electron chi connectivity index (χ2n) is 4.52. The number of rotatable bonds is 6. The standard InChI is InChI=1S/C11H23N3O2/c1-5-8(6-12)9(15)14-7-11(2,3)10(16)13-4/h8H,5-7,12H2,1-4H3,(H,13,16)(H,14,15). The lowest BCUT2D eigenvalue weighted by Gasteiger charge is -2.24. The molecule has 1 atom stereocenters. The Morgan fingerprint density at radius 1 is 1.38 bits per heavy atom. The summed E-state index contributed by atoms with van der Waals surface area (Å²) < 4.78 is 0. The molecule has 0 aliphatic carbocycles. The first-order valence-corrected chi connectivity index (χ1v) is 5.59. The maximum absolute atomic E-state index is 11.6. The van der Waals surface area contributed by atoms with E-state index in [2.05, 4.69) is 10.6 Å². The molecule has 0 aliphatic heterocycles. The van der Waals surface area contributed by atoms with E-state index in [1.807, 2.05) is 6.92 Å². The van der Waals surface area contributed by atoms with Crippen molar-refractivity contribution in [3.63, 3.8) is 0 Å². The number of hydrogen-bond donors (Lipinski definition) is 3. The summed E-state index contributed by atoms with van der Waals surface area (Å²) in [5.41, 5.74) is 4.87. The van der Waals surface area contributed by atoms with Gasteiger partial charge in [-0.25, -0.2) is 0 Å². The Kier molecular flexibility index (Phi) is 6.03. The van der Waals surface area contributed by atoms with Crippen molar-refractivity contribution in [2.45, 2.75) is 27.2 Å². The van der Waals surface area contributed by atoms with Crippen LogP contribution in [0.2, 0.25) is 0 Å². The quantitative estimate of drug-likeness (QED) is 0.592. The molecule has 5 nitrogen and oxygen atoms in total. The summed E-state index contributed by atoms with van der Waals surface area (Å²) in [6.45, 7) is 6.15. The van der Waals surface area contributed by atoms with Gasteiger partial charge in [0.05, 0.1) is 5.41 Å². The lowest BCUT2D eigenvalue weighted by atomic mass is 9.92. The highest BCUT2D eigenvalue weighted by atomic mass is 16.2. The van der Waals surface area contributed by atoms with Crippen LogP contribution in [0.3, 0.4) is 0 Å². The van der Waals surface area contributed by atoms with E-state index in [4.69, 9.17) is 5.73 Å². The predicted octanol–water partition coefficient (Wildman–Crippen LogP) is -0.140. The number of nitrogens with one attached hydrogen (secondary N) is 2. The van der Waals surface area contributed by atoms with Crippen molar-refractivity contribution in [2.75, 3.05) is 20.1 Å². The van der Waals surface area contributed by atoms with Gasteiger partial charge in [-0.05, 0) is 20.3 Å². The first-order valence-electron chi connectivity index (χ1n) is 5.59. The lowest BCUT2D eigenvalue weighted by molar-refractivity contribution is -0.130. The number of amides is 2. The van der Waals surface area contributed by atoms with Gasteiger partial charge < -0.3 is 16.4 Å². The molecule has 0 radical (unpaired) electrons. The summed E-state index contributed by atoms with van der Waals surface area (Å²) in [6, 6.07) is 0. The van der Waals surface area contributed by atoms with Crippen LogP contribution in [0.4, 0.5) is 0 Å². The van der Waals surface area contributed by atoms with Crippen molar-refractivity contribution in [2.24, 2.45) is 17.1 Å². The average molecular weight is 229 g/mol. The van der Waals surface area contributed by atoms with E-state index in [9.17, 15) is 9.59 Å². The highest BCUT2D eigenvalue weighted by Crippen LogP contribution is 2.13. The topological polar surface area (TPSA) is 84.2 Å². The molecule has 16 heavy (non-hydrogen) atoms. The van der Waals surface area contributed by atoms with Crippen LogP contribution in [0.25, 0.3) is 0 Å². The SMILES string of the molecule is CCC(CN)C(=O)NCC(C)(C)C(=O)NC. The molecule has 2 amide bonds. The zero-order valence-electron chi connectivity index (χ0n) is 10.6. The average Bonchev–Trinajstić information content (AvgIpc) is 2.27. The molecule has 0 fully saturated rings. The van der Waals surface area contributed by atoms with E-state index in [-0.39, 0.29) is 17.7 Å². The minimum atomic E-state index is -0.600. The Balaban J connectivity index is 4.23. The van der Waals surface area contributed by atoms with Gasteiger partial charge in [-0.3, -0.25) is 9.59 Å². The maximum Gasteiger partial charge on any atom is 0.227 e. The fraction of sp³-hybridized carbons (Fsp3) is 0.818. The van der Waals surface area contributed by atoms with E-state index < -0.39 is 5.41 Å². The van der Waals surface area contributed by atoms with Gasteiger partial charge in [0.1, 0.15) is 0 Å². The monoisotopic (exact) mass is 229 g/mol. The number of hydrogen-bond acceptors (Lipinski definition) is 3. The van der Waals surface area contributed by atoms with Crippen molar-refractivity contribution < 1.29 is 9.59 Å². The largest absolute Gasteiger partial charge is 0.359 e. The van der Waals surface area contributed by atoms with Crippen LogP contribution in [0, 0.1) is 11.3 Å². The molecule has 0 rings (SSSR count). The maximum atomic E-state index is 11.6. The van der Waals surface area contributed by atoms with Crippen molar-refractivity contribution in [3.05, 3.63) is 0 Å². The molecule has 0 aromatic heterocycles. The Hall–Kier alpha value is -1.10. The summed E-state index contributed by atoms with van der Waals surface area (Å²) in [6.07, 6.45) is 0.711. The van der Waals surface area contributed by atoms with Gasteiger partial charge in [0.2, 0.25) is 11.8 Å². The number of carbonyl (C=O) groups excluding carboxylic acids is 2. The van der Waals surface area contributed by atoms with E-state index in [0.717, 1.165) is 0 Å². The van der Waals surface area contributed by atoms with Crippen molar-refractivity contribution >= 4 is 11.8 Å². The second-order valence-corrected chi connectivity index (χ2v) is 4.52. The Morgan fingerprint density at radius 2 is 1.94 bits per heavy atom.